The Hall–Kier alpha value is -2.64. The standard InChI is InChI=1S/C25H28N2O3S2/c1-4-19-12-9-13-20(5-2)23(19)26-27-25(31-16-18-10-7-6-8-11-18)32-17-21-14-15-22(30-21)24(28)29-3/h6-15,26H,4-5,16-17H2,1-3H3/b27-25+. The number of anilines is 1. The number of nitrogens with one attached hydrogen (secondary N) is 1. The van der Waals surface area contributed by atoms with Crippen molar-refractivity contribution in [2.24, 2.45) is 5.10 Å². The molecule has 0 aliphatic heterocycles. The number of hydrogen-bond donors (Lipinski definition) is 1. The molecule has 0 atom stereocenters. The van der Waals surface area contributed by atoms with Crippen LogP contribution in [0.4, 0.5) is 5.69 Å². The quantitative estimate of drug-likeness (QED) is 0.162. The van der Waals surface area contributed by atoms with E-state index in [1.807, 2.05) is 18.2 Å². The largest absolute Gasteiger partial charge is 0.463 e. The van der Waals surface area contributed by atoms with Gasteiger partial charge >= 0.3 is 5.97 Å². The highest BCUT2D eigenvalue weighted by atomic mass is 32.2. The van der Waals surface area contributed by atoms with Crippen LogP contribution < -0.4 is 5.43 Å². The molecule has 0 aliphatic carbocycles. The van der Waals surface area contributed by atoms with Gasteiger partial charge in [-0.25, -0.2) is 4.79 Å². The number of thioether (sulfide) groups is 2. The fourth-order valence-corrected chi connectivity index (χ4v) is 4.92. The van der Waals surface area contributed by atoms with Crippen molar-refractivity contribution in [3.8, 4) is 0 Å². The number of esters is 1. The SMILES string of the molecule is CCc1cccc(CC)c1N/N=C(\SCc1ccccc1)SCc1ccc(C(=O)OC)o1. The summed E-state index contributed by atoms with van der Waals surface area (Å²) in [7, 11) is 1.34. The van der Waals surface area contributed by atoms with Gasteiger partial charge in [0.25, 0.3) is 0 Å². The van der Waals surface area contributed by atoms with Gasteiger partial charge in [-0.05, 0) is 41.7 Å². The molecule has 0 radical (unpaired) electrons. The van der Waals surface area contributed by atoms with Crippen LogP contribution in [0.2, 0.25) is 0 Å². The minimum absolute atomic E-state index is 0.209. The Labute approximate surface area is 198 Å². The topological polar surface area (TPSA) is 63.8 Å². The molecule has 0 bridgehead atoms. The fraction of sp³-hybridized carbons (Fsp3) is 0.280. The third-order valence-electron chi connectivity index (χ3n) is 4.85. The van der Waals surface area contributed by atoms with Crippen LogP contribution in [0.1, 0.15) is 46.9 Å². The molecular weight excluding hydrogens is 440 g/mol. The van der Waals surface area contributed by atoms with E-state index in [2.05, 4.69) is 49.6 Å². The summed E-state index contributed by atoms with van der Waals surface area (Å²) in [6, 6.07) is 20.1. The van der Waals surface area contributed by atoms with Gasteiger partial charge in [-0.3, -0.25) is 5.43 Å². The molecule has 0 saturated carbocycles. The van der Waals surface area contributed by atoms with Crippen LogP contribution in [0.25, 0.3) is 0 Å². The maximum absolute atomic E-state index is 11.6. The molecule has 0 aliphatic rings. The number of rotatable bonds is 9. The second-order valence-corrected chi connectivity index (χ2v) is 9.15. The van der Waals surface area contributed by atoms with Crippen molar-refractivity contribution < 1.29 is 13.9 Å². The number of ether oxygens (including phenoxy) is 1. The van der Waals surface area contributed by atoms with E-state index in [4.69, 9.17) is 14.3 Å². The molecule has 3 aromatic rings. The smallest absolute Gasteiger partial charge is 0.373 e. The normalized spacial score (nSPS) is 11.4. The van der Waals surface area contributed by atoms with E-state index in [0.29, 0.717) is 11.5 Å². The van der Waals surface area contributed by atoms with Crippen LogP contribution >= 0.6 is 23.5 Å². The molecular formula is C25H28N2O3S2. The van der Waals surface area contributed by atoms with Crippen molar-refractivity contribution in [3.05, 3.63) is 88.9 Å². The molecule has 168 valence electrons. The van der Waals surface area contributed by atoms with Gasteiger partial charge in [-0.2, -0.15) is 5.10 Å². The third kappa shape index (κ3) is 6.68. The number of carbonyl (C=O) groups excluding carboxylic acids is 1. The molecule has 1 aromatic heterocycles. The Balaban J connectivity index is 1.76. The average Bonchev–Trinajstić information content (AvgIpc) is 3.32. The van der Waals surface area contributed by atoms with Gasteiger partial charge in [0.2, 0.25) is 5.76 Å². The number of aryl methyl sites for hydroxylation is 2. The molecule has 32 heavy (non-hydrogen) atoms. The number of para-hydroxylation sites is 1. The summed E-state index contributed by atoms with van der Waals surface area (Å²) in [5.74, 6) is 1.82. The zero-order valence-electron chi connectivity index (χ0n) is 18.6. The molecule has 1 heterocycles. The monoisotopic (exact) mass is 468 g/mol. The molecule has 2 aromatic carbocycles. The highest BCUT2D eigenvalue weighted by molar-refractivity contribution is 8.38. The maximum atomic E-state index is 11.6. The van der Waals surface area contributed by atoms with Crippen LogP contribution in [0.3, 0.4) is 0 Å². The lowest BCUT2D eigenvalue weighted by molar-refractivity contribution is 0.0563. The van der Waals surface area contributed by atoms with E-state index in [0.717, 1.165) is 28.7 Å². The average molecular weight is 469 g/mol. The number of furan rings is 1. The van der Waals surface area contributed by atoms with Crippen LogP contribution in [-0.4, -0.2) is 17.5 Å². The highest BCUT2D eigenvalue weighted by Gasteiger charge is 2.13. The second-order valence-electron chi connectivity index (χ2n) is 6.97. The van der Waals surface area contributed by atoms with Gasteiger partial charge in [0.15, 0.2) is 4.38 Å². The lowest BCUT2D eigenvalue weighted by Crippen LogP contribution is -2.02. The Morgan fingerprint density at radius 1 is 0.938 bits per heavy atom. The molecule has 3 rings (SSSR count). The van der Waals surface area contributed by atoms with Gasteiger partial charge < -0.3 is 9.15 Å². The van der Waals surface area contributed by atoms with Gasteiger partial charge in [-0.15, -0.1) is 0 Å². The number of nitrogens with zero attached hydrogens (tertiary/aromatic N) is 1. The lowest BCUT2D eigenvalue weighted by Gasteiger charge is -2.13. The Morgan fingerprint density at radius 2 is 1.62 bits per heavy atom. The molecule has 0 saturated heterocycles. The molecule has 0 fully saturated rings. The first-order chi connectivity index (χ1) is 15.6. The molecule has 0 spiro atoms. The van der Waals surface area contributed by atoms with E-state index >= 15 is 0 Å². The summed E-state index contributed by atoms with van der Waals surface area (Å²) in [5, 5.41) is 4.76. The van der Waals surface area contributed by atoms with E-state index in [1.165, 1.54) is 23.8 Å². The summed E-state index contributed by atoms with van der Waals surface area (Å²) in [6.07, 6.45) is 1.88. The summed E-state index contributed by atoms with van der Waals surface area (Å²) in [4.78, 5) is 11.6. The number of methoxy groups -OCH3 is 1. The Bertz CT molecular complexity index is 1030. The summed E-state index contributed by atoms with van der Waals surface area (Å²) >= 11 is 3.25. The first-order valence-corrected chi connectivity index (χ1v) is 12.5. The molecule has 0 amide bonds. The van der Waals surface area contributed by atoms with Crippen LogP contribution in [-0.2, 0) is 29.1 Å². The summed E-state index contributed by atoms with van der Waals surface area (Å²) < 4.78 is 11.2. The number of carbonyl (C=O) groups is 1. The van der Waals surface area contributed by atoms with Crippen molar-refractivity contribution in [1.29, 1.82) is 0 Å². The number of hydrazone groups is 1. The van der Waals surface area contributed by atoms with Gasteiger partial charge in [0.1, 0.15) is 5.76 Å². The lowest BCUT2D eigenvalue weighted by atomic mass is 10.0. The second kappa shape index (κ2) is 12.4. The van der Waals surface area contributed by atoms with Gasteiger partial charge in [0.05, 0.1) is 18.6 Å². The predicted molar refractivity (Wildman–Crippen MR) is 135 cm³/mol. The zero-order valence-corrected chi connectivity index (χ0v) is 20.2. The third-order valence-corrected chi connectivity index (χ3v) is 7.14. The first kappa shape index (κ1) is 24.0. The van der Waals surface area contributed by atoms with Crippen molar-refractivity contribution in [3.63, 3.8) is 0 Å². The molecule has 5 nitrogen and oxygen atoms in total. The minimum Gasteiger partial charge on any atom is -0.463 e. The van der Waals surface area contributed by atoms with Gasteiger partial charge in [-0.1, -0.05) is 85.9 Å². The summed E-state index contributed by atoms with van der Waals surface area (Å²) in [5.41, 5.74) is 8.15. The molecule has 7 heteroatoms. The van der Waals surface area contributed by atoms with Crippen molar-refractivity contribution >= 4 is 39.6 Å². The summed E-state index contributed by atoms with van der Waals surface area (Å²) in [6.45, 7) is 4.30. The van der Waals surface area contributed by atoms with E-state index in [-0.39, 0.29) is 5.76 Å². The van der Waals surface area contributed by atoms with Crippen LogP contribution in [0, 0.1) is 0 Å². The molecule has 0 unspecified atom stereocenters. The van der Waals surface area contributed by atoms with E-state index in [9.17, 15) is 4.79 Å². The van der Waals surface area contributed by atoms with Crippen molar-refractivity contribution in [2.45, 2.75) is 38.2 Å². The minimum atomic E-state index is -0.474. The van der Waals surface area contributed by atoms with Crippen molar-refractivity contribution in [2.75, 3.05) is 12.5 Å². The highest BCUT2D eigenvalue weighted by Crippen LogP contribution is 2.28. The number of benzene rings is 2. The molecule has 1 N–H and O–H groups in total. The Morgan fingerprint density at radius 3 is 2.28 bits per heavy atom. The first-order valence-electron chi connectivity index (χ1n) is 10.6. The van der Waals surface area contributed by atoms with Crippen LogP contribution in [0.15, 0.2) is 70.2 Å². The maximum Gasteiger partial charge on any atom is 0.373 e. The van der Waals surface area contributed by atoms with E-state index in [1.54, 1.807) is 35.7 Å². The van der Waals surface area contributed by atoms with E-state index < -0.39 is 5.97 Å². The van der Waals surface area contributed by atoms with Crippen LogP contribution in [0.5, 0.6) is 0 Å². The van der Waals surface area contributed by atoms with Gasteiger partial charge in [0, 0.05) is 5.75 Å². The fourth-order valence-electron chi connectivity index (χ4n) is 3.11. The van der Waals surface area contributed by atoms with Crippen molar-refractivity contribution in [1.82, 2.24) is 0 Å². The number of hydrogen-bond acceptors (Lipinski definition) is 7. The zero-order chi connectivity index (χ0) is 22.8. The predicted octanol–water partition coefficient (Wildman–Crippen LogP) is 6.74. The Kier molecular flexibility index (Phi) is 9.31.